The Bertz CT molecular complexity index is 5690. The molecule has 6 nitrogen and oxygen atoms in total. The third-order valence-corrected chi connectivity index (χ3v) is 21.6. The van der Waals surface area contributed by atoms with Crippen molar-refractivity contribution in [2.45, 2.75) is 105 Å². The maximum Gasteiger partial charge on any atom is 0.164 e. The summed E-state index contributed by atoms with van der Waals surface area (Å²) in [5.41, 5.74) is 18.3. The van der Waals surface area contributed by atoms with Gasteiger partial charge in [-0.15, -0.1) is 22.7 Å². The number of nitriles is 1. The van der Waals surface area contributed by atoms with Gasteiger partial charge in [-0.25, -0.2) is 15.0 Å². The van der Waals surface area contributed by atoms with Gasteiger partial charge in [0.1, 0.15) is 0 Å². The van der Waals surface area contributed by atoms with Crippen molar-refractivity contribution in [3.63, 3.8) is 0 Å². The minimum absolute atomic E-state index is 0.148. The first kappa shape index (κ1) is 59.0. The molecule has 0 fully saturated rings. The third kappa shape index (κ3) is 9.81. The summed E-state index contributed by atoms with van der Waals surface area (Å²) in [6.07, 6.45) is 0. The largest absolute Gasteiger partial charge is 0.309 e. The van der Waals surface area contributed by atoms with E-state index in [4.69, 9.17) is 15.0 Å². The second-order valence-electron chi connectivity index (χ2n) is 29.6. The summed E-state index contributed by atoms with van der Waals surface area (Å²) < 4.78 is 10.1. The van der Waals surface area contributed by atoms with Crippen LogP contribution in [0.15, 0.2) is 218 Å². The van der Waals surface area contributed by atoms with Crippen LogP contribution < -0.4 is 0 Å². The lowest BCUT2D eigenvalue weighted by Crippen LogP contribution is -2.17. The fourth-order valence-corrected chi connectivity index (χ4v) is 16.5. The van der Waals surface area contributed by atoms with E-state index in [9.17, 15) is 5.26 Å². The maximum absolute atomic E-state index is 10.0. The van der Waals surface area contributed by atoms with Crippen LogP contribution in [0.5, 0.6) is 0 Å². The van der Waals surface area contributed by atoms with Crippen molar-refractivity contribution in [3.8, 4) is 73.9 Å². The van der Waals surface area contributed by atoms with Crippen LogP contribution in [0.25, 0.3) is 152 Å². The zero-order chi connectivity index (χ0) is 64.9. The number of fused-ring (bicyclic) bond motifs is 14. The first-order valence-electron chi connectivity index (χ1n) is 32.6. The number of para-hydroxylation sites is 2. The van der Waals surface area contributed by atoms with Gasteiger partial charge in [-0.2, -0.15) is 5.26 Å². The van der Waals surface area contributed by atoms with E-state index in [0.29, 0.717) is 23.0 Å². The van der Waals surface area contributed by atoms with Crippen molar-refractivity contribution in [1.29, 1.82) is 5.26 Å². The number of aromatic nitrogens is 5. The van der Waals surface area contributed by atoms with Crippen LogP contribution in [0.4, 0.5) is 0 Å². The predicted molar refractivity (Wildman–Crippen MR) is 401 cm³/mol. The van der Waals surface area contributed by atoms with Gasteiger partial charge in [-0.05, 0) is 152 Å². The van der Waals surface area contributed by atoms with Gasteiger partial charge in [0.15, 0.2) is 17.5 Å². The van der Waals surface area contributed by atoms with E-state index in [0.717, 1.165) is 72.4 Å². The highest BCUT2D eigenvalue weighted by Gasteiger charge is 2.29. The van der Waals surface area contributed by atoms with Gasteiger partial charge in [-0.1, -0.05) is 204 Å². The molecule has 5 heterocycles. The molecule has 0 atom stereocenters. The lowest BCUT2D eigenvalue weighted by atomic mass is 9.79. The van der Waals surface area contributed by atoms with Gasteiger partial charge in [0, 0.05) is 89.7 Å². The number of benzene rings is 11. The number of hydrogen-bond acceptors (Lipinski definition) is 6. The second kappa shape index (κ2) is 21.5. The third-order valence-electron chi connectivity index (χ3n) is 19.2. The second-order valence-corrected chi connectivity index (χ2v) is 31.7. The summed E-state index contributed by atoms with van der Waals surface area (Å²) >= 11 is 3.74. The molecule has 0 aliphatic carbocycles. The summed E-state index contributed by atoms with van der Waals surface area (Å²) in [6.45, 7) is 27.4. The Morgan fingerprint density at radius 3 is 1.18 bits per heavy atom. The van der Waals surface area contributed by atoms with Crippen LogP contribution in [0, 0.1) is 11.3 Å². The molecular weight excluding hydrogens is 1180 g/mol. The highest BCUT2D eigenvalue weighted by atomic mass is 32.1. The minimum atomic E-state index is -0.148. The number of thiophene rings is 2. The van der Waals surface area contributed by atoms with E-state index < -0.39 is 0 Å². The zero-order valence-corrected chi connectivity index (χ0v) is 56.9. The van der Waals surface area contributed by atoms with Crippen molar-refractivity contribution in [1.82, 2.24) is 24.1 Å². The van der Waals surface area contributed by atoms with Crippen LogP contribution in [0.2, 0.25) is 0 Å². The Morgan fingerprint density at radius 2 is 0.723 bits per heavy atom. The lowest BCUT2D eigenvalue weighted by Gasteiger charge is -2.26. The molecule has 0 aliphatic rings. The van der Waals surface area contributed by atoms with Crippen LogP contribution >= 0.6 is 22.7 Å². The first-order chi connectivity index (χ1) is 45.0. The molecule has 8 heteroatoms. The Morgan fingerprint density at radius 1 is 0.319 bits per heavy atom. The monoisotopic (exact) mass is 1250 g/mol. The number of nitrogens with zero attached hydrogens (tertiary/aromatic N) is 6. The van der Waals surface area contributed by atoms with Gasteiger partial charge in [0.25, 0.3) is 0 Å². The van der Waals surface area contributed by atoms with Gasteiger partial charge < -0.3 is 9.13 Å². The van der Waals surface area contributed by atoms with Crippen molar-refractivity contribution in [3.05, 3.63) is 246 Å². The molecule has 0 spiro atoms. The fourth-order valence-electron chi connectivity index (χ4n) is 13.9. The number of hydrogen-bond donors (Lipinski definition) is 0. The number of rotatable bonds is 7. The van der Waals surface area contributed by atoms with Gasteiger partial charge in [0.2, 0.25) is 0 Å². The Hall–Kier alpha value is -10.0. The topological polar surface area (TPSA) is 72.3 Å². The van der Waals surface area contributed by atoms with Gasteiger partial charge in [-0.3, -0.25) is 0 Å². The molecule has 0 bridgehead atoms. The summed E-state index contributed by atoms with van der Waals surface area (Å²) in [5.74, 6) is 1.83. The SMILES string of the molecule is CC(C)(C)c1cc(-c2nc(-c3cc(C(C)(C)C)cc(C(C)(C)C)c3)nc(-c3ccc(-n4c5ccccc5c5c6sc7ccccc7c6ccc54)c(-c4ccc(-c5ccc(C#N)cc5)cc4-n4c5ccccc5c5c6sc7ccccc7c6ccc54)c3)n2)cc(C(C)(C)C)c1. The van der Waals surface area contributed by atoms with E-state index in [-0.39, 0.29) is 21.7 Å². The first-order valence-corrected chi connectivity index (χ1v) is 34.2. The molecule has 0 N–H and O–H groups in total. The van der Waals surface area contributed by atoms with Crippen LogP contribution in [-0.4, -0.2) is 24.1 Å². The normalized spacial score (nSPS) is 12.7. The molecule has 11 aromatic carbocycles. The van der Waals surface area contributed by atoms with E-state index in [1.54, 1.807) is 0 Å². The highest BCUT2D eigenvalue weighted by Crippen LogP contribution is 2.49. The van der Waals surface area contributed by atoms with Crippen LogP contribution in [0.3, 0.4) is 0 Å². The molecule has 5 aromatic heterocycles. The fraction of sp³-hybridized carbons (Fsp3) is 0.186. The van der Waals surface area contributed by atoms with E-state index >= 15 is 0 Å². The average Bonchev–Trinajstić information content (AvgIpc) is 1.52. The highest BCUT2D eigenvalue weighted by molar-refractivity contribution is 7.27. The molecule has 94 heavy (non-hydrogen) atoms. The molecule has 0 radical (unpaired) electrons. The van der Waals surface area contributed by atoms with E-state index in [1.807, 2.05) is 34.8 Å². The molecule has 0 amide bonds. The summed E-state index contributed by atoms with van der Waals surface area (Å²) in [4.78, 5) is 17.0. The van der Waals surface area contributed by atoms with E-state index in [1.165, 1.54) is 84.1 Å². The molecule has 0 unspecified atom stereocenters. The van der Waals surface area contributed by atoms with Crippen LogP contribution in [-0.2, 0) is 21.7 Å². The van der Waals surface area contributed by atoms with Crippen molar-refractivity contribution < 1.29 is 0 Å². The molecule has 458 valence electrons. The molecule has 16 aromatic rings. The molecule has 0 saturated carbocycles. The van der Waals surface area contributed by atoms with Crippen molar-refractivity contribution >= 4 is 107 Å². The molecule has 0 aliphatic heterocycles. The Labute approximate surface area is 557 Å². The van der Waals surface area contributed by atoms with Gasteiger partial charge >= 0.3 is 0 Å². The van der Waals surface area contributed by atoms with Crippen LogP contribution in [0.1, 0.15) is 111 Å². The summed E-state index contributed by atoms with van der Waals surface area (Å²) in [5, 5.41) is 19.9. The standard InChI is InChI=1S/C86H72N6S2/c1-83(2,3)56-41-54(42-57(47-56)84(4,5)6)81-88-80(89-82(90-81)55-43-58(85(7,8)9)48-59(44-55)86(10,11)12)53-34-38-70(91-68-25-17-13-23-65(68)76-71(91)39-36-63-61-21-15-19-27-74(61)93-78(63)76)67(45-53)60-35-33-52(51-31-29-50(49-87)30-32-51)46-73(60)92-69-26-18-14-24-66(69)77-72(92)40-37-64-62-22-16-20-28-75(62)94-79(64)77/h13-48H,1-12H3. The van der Waals surface area contributed by atoms with E-state index in [2.05, 4.69) is 305 Å². The van der Waals surface area contributed by atoms with Crippen molar-refractivity contribution in [2.75, 3.05) is 0 Å². The van der Waals surface area contributed by atoms with Gasteiger partial charge in [0.05, 0.1) is 45.1 Å². The average molecular weight is 1250 g/mol. The lowest BCUT2D eigenvalue weighted by molar-refractivity contribution is 0.568. The van der Waals surface area contributed by atoms with Crippen molar-refractivity contribution in [2.24, 2.45) is 0 Å². The zero-order valence-electron chi connectivity index (χ0n) is 55.3. The summed E-state index contributed by atoms with van der Waals surface area (Å²) in [6, 6.07) is 82.9. The Balaban J connectivity index is 1.04. The quantitative estimate of drug-likeness (QED) is 0.159. The minimum Gasteiger partial charge on any atom is -0.309 e. The predicted octanol–water partition coefficient (Wildman–Crippen LogP) is 24.2. The molecule has 0 saturated heterocycles. The molecule has 16 rings (SSSR count). The smallest absolute Gasteiger partial charge is 0.164 e. The summed E-state index contributed by atoms with van der Waals surface area (Å²) in [7, 11) is 0. The Kier molecular flexibility index (Phi) is 13.5. The molecular formula is C86H72N6S2. The maximum atomic E-state index is 10.0.